The molecule has 1 aliphatic rings. The molecule has 1 heterocycles. The molecule has 4 nitrogen and oxygen atoms in total. The molecule has 0 radical (unpaired) electrons. The van der Waals surface area contributed by atoms with Crippen LogP contribution in [0.1, 0.15) is 35.6 Å². The van der Waals surface area contributed by atoms with E-state index in [1.54, 1.807) is 7.11 Å². The largest absolute Gasteiger partial charge is 0.496 e. The summed E-state index contributed by atoms with van der Waals surface area (Å²) in [5.41, 5.74) is 3.28. The first-order chi connectivity index (χ1) is 11.6. The molecule has 3 rings (SSSR count). The van der Waals surface area contributed by atoms with Gasteiger partial charge in [0.2, 0.25) is 0 Å². The van der Waals surface area contributed by atoms with Gasteiger partial charge in [-0.3, -0.25) is 9.69 Å². The first kappa shape index (κ1) is 16.5. The number of ether oxygens (including phenoxy) is 1. The maximum Gasteiger partial charge on any atom is 0.320 e. The fourth-order valence-electron chi connectivity index (χ4n) is 3.65. The van der Waals surface area contributed by atoms with Crippen molar-refractivity contribution in [1.82, 2.24) is 4.90 Å². The number of benzene rings is 2. The lowest BCUT2D eigenvalue weighted by Gasteiger charge is -2.33. The summed E-state index contributed by atoms with van der Waals surface area (Å²) in [5.74, 6) is 0.0418. The molecule has 0 aromatic heterocycles. The Bertz CT molecular complexity index is 728. The standard InChI is InChI=1S/C20H23NO3/c1-14-7-5-8-15(13-14)19(16-9-3-4-11-18(16)24-2)21-12-6-10-17(21)20(22)23/h3-5,7-9,11,13,17,19H,6,10,12H2,1-2H3,(H,22,23). The maximum atomic E-state index is 11.7. The minimum Gasteiger partial charge on any atom is -0.496 e. The molecule has 2 aromatic carbocycles. The zero-order valence-corrected chi connectivity index (χ0v) is 14.1. The highest BCUT2D eigenvalue weighted by Gasteiger charge is 2.37. The Morgan fingerprint density at radius 2 is 2.04 bits per heavy atom. The quantitative estimate of drug-likeness (QED) is 0.912. The van der Waals surface area contributed by atoms with Gasteiger partial charge in [0.05, 0.1) is 13.2 Å². The molecule has 1 aliphatic heterocycles. The van der Waals surface area contributed by atoms with Crippen LogP contribution in [0.3, 0.4) is 0 Å². The summed E-state index contributed by atoms with van der Waals surface area (Å²) < 4.78 is 5.56. The SMILES string of the molecule is COc1ccccc1C(c1cccc(C)c1)N1CCCC1C(=O)O. The number of methoxy groups -OCH3 is 1. The van der Waals surface area contributed by atoms with Gasteiger partial charge in [-0.25, -0.2) is 0 Å². The molecule has 0 bridgehead atoms. The predicted octanol–water partition coefficient (Wildman–Crippen LogP) is 3.64. The van der Waals surface area contributed by atoms with Gasteiger partial charge >= 0.3 is 5.97 Å². The van der Waals surface area contributed by atoms with E-state index in [2.05, 4.69) is 30.0 Å². The third-order valence-corrected chi connectivity index (χ3v) is 4.70. The monoisotopic (exact) mass is 325 g/mol. The maximum absolute atomic E-state index is 11.7. The summed E-state index contributed by atoms with van der Waals surface area (Å²) >= 11 is 0. The number of carboxylic acids is 1. The zero-order valence-electron chi connectivity index (χ0n) is 14.1. The van der Waals surface area contributed by atoms with E-state index in [9.17, 15) is 9.90 Å². The number of carbonyl (C=O) groups is 1. The summed E-state index contributed by atoms with van der Waals surface area (Å²) in [4.78, 5) is 13.8. The molecule has 1 N–H and O–H groups in total. The molecule has 2 atom stereocenters. The molecule has 2 unspecified atom stereocenters. The molecule has 0 spiro atoms. The minimum absolute atomic E-state index is 0.121. The molecule has 1 fully saturated rings. The minimum atomic E-state index is -0.750. The van der Waals surface area contributed by atoms with E-state index >= 15 is 0 Å². The molecule has 0 aliphatic carbocycles. The van der Waals surface area contributed by atoms with Crippen molar-refractivity contribution in [1.29, 1.82) is 0 Å². The van der Waals surface area contributed by atoms with Crippen LogP contribution in [0.4, 0.5) is 0 Å². The summed E-state index contributed by atoms with van der Waals surface area (Å²) in [5, 5.41) is 9.63. The Hall–Kier alpha value is -2.33. The first-order valence-corrected chi connectivity index (χ1v) is 8.30. The smallest absolute Gasteiger partial charge is 0.320 e. The number of hydrogen-bond acceptors (Lipinski definition) is 3. The van der Waals surface area contributed by atoms with Crippen LogP contribution < -0.4 is 4.74 Å². The normalized spacial score (nSPS) is 19.2. The Kier molecular flexibility index (Phi) is 4.86. The fourth-order valence-corrected chi connectivity index (χ4v) is 3.65. The summed E-state index contributed by atoms with van der Waals surface area (Å²) in [6.07, 6.45) is 1.58. The topological polar surface area (TPSA) is 49.8 Å². The van der Waals surface area contributed by atoms with Crippen LogP contribution in [-0.4, -0.2) is 35.7 Å². The average Bonchev–Trinajstić information content (AvgIpc) is 3.05. The summed E-state index contributed by atoms with van der Waals surface area (Å²) in [6, 6.07) is 15.6. The van der Waals surface area contributed by atoms with Crippen LogP contribution in [0, 0.1) is 6.92 Å². The van der Waals surface area contributed by atoms with Crippen LogP contribution in [0.15, 0.2) is 48.5 Å². The number of para-hydroxylation sites is 1. The third kappa shape index (κ3) is 3.15. The molecule has 0 amide bonds. The molecule has 126 valence electrons. The van der Waals surface area contributed by atoms with E-state index in [1.165, 1.54) is 5.56 Å². The molecule has 1 saturated heterocycles. The number of likely N-dealkylation sites (tertiary alicyclic amines) is 1. The van der Waals surface area contributed by atoms with Crippen molar-refractivity contribution >= 4 is 5.97 Å². The number of carboxylic acid groups (broad SMARTS) is 1. The molecule has 24 heavy (non-hydrogen) atoms. The van der Waals surface area contributed by atoms with Gasteiger partial charge in [0.15, 0.2) is 0 Å². The van der Waals surface area contributed by atoms with Gasteiger partial charge in [0.25, 0.3) is 0 Å². The van der Waals surface area contributed by atoms with Crippen molar-refractivity contribution in [3.63, 3.8) is 0 Å². The second kappa shape index (κ2) is 7.05. The highest BCUT2D eigenvalue weighted by Crippen LogP contribution is 2.39. The van der Waals surface area contributed by atoms with Crippen molar-refractivity contribution in [2.24, 2.45) is 0 Å². The number of aliphatic carboxylic acids is 1. The number of nitrogens with zero attached hydrogens (tertiary/aromatic N) is 1. The van der Waals surface area contributed by atoms with Crippen molar-refractivity contribution in [2.45, 2.75) is 31.8 Å². The van der Waals surface area contributed by atoms with Gasteiger partial charge in [-0.1, -0.05) is 48.0 Å². The van der Waals surface area contributed by atoms with Crippen molar-refractivity contribution in [3.05, 3.63) is 65.2 Å². The van der Waals surface area contributed by atoms with Gasteiger partial charge in [0, 0.05) is 12.1 Å². The average molecular weight is 325 g/mol. The van der Waals surface area contributed by atoms with Crippen LogP contribution in [0.5, 0.6) is 5.75 Å². The van der Waals surface area contributed by atoms with Crippen LogP contribution in [-0.2, 0) is 4.79 Å². The highest BCUT2D eigenvalue weighted by atomic mass is 16.5. The molecule has 0 saturated carbocycles. The van der Waals surface area contributed by atoms with Crippen LogP contribution >= 0.6 is 0 Å². The Morgan fingerprint density at radius 1 is 1.25 bits per heavy atom. The molecular weight excluding hydrogens is 302 g/mol. The van der Waals surface area contributed by atoms with Crippen molar-refractivity contribution < 1.29 is 14.6 Å². The first-order valence-electron chi connectivity index (χ1n) is 8.30. The van der Waals surface area contributed by atoms with E-state index in [-0.39, 0.29) is 6.04 Å². The Balaban J connectivity index is 2.12. The van der Waals surface area contributed by atoms with Gasteiger partial charge in [-0.05, 0) is 31.4 Å². The van der Waals surface area contributed by atoms with E-state index < -0.39 is 12.0 Å². The van der Waals surface area contributed by atoms with E-state index in [4.69, 9.17) is 4.74 Å². The van der Waals surface area contributed by atoms with E-state index in [0.29, 0.717) is 6.42 Å². The number of hydrogen-bond donors (Lipinski definition) is 1. The van der Waals surface area contributed by atoms with Gasteiger partial charge in [0.1, 0.15) is 11.8 Å². The predicted molar refractivity (Wildman–Crippen MR) is 93.4 cm³/mol. The van der Waals surface area contributed by atoms with Crippen LogP contribution in [0.2, 0.25) is 0 Å². The third-order valence-electron chi connectivity index (χ3n) is 4.70. The number of rotatable bonds is 5. The molecule has 4 heteroatoms. The van der Waals surface area contributed by atoms with Gasteiger partial charge in [-0.2, -0.15) is 0 Å². The van der Waals surface area contributed by atoms with Crippen molar-refractivity contribution in [3.8, 4) is 5.75 Å². The lowest BCUT2D eigenvalue weighted by molar-refractivity contribution is -0.142. The Labute approximate surface area is 142 Å². The second-order valence-corrected chi connectivity index (χ2v) is 6.29. The van der Waals surface area contributed by atoms with Crippen LogP contribution in [0.25, 0.3) is 0 Å². The highest BCUT2D eigenvalue weighted by molar-refractivity contribution is 5.74. The molecule has 2 aromatic rings. The zero-order chi connectivity index (χ0) is 17.1. The second-order valence-electron chi connectivity index (χ2n) is 6.29. The van der Waals surface area contributed by atoms with Gasteiger partial charge < -0.3 is 9.84 Å². The van der Waals surface area contributed by atoms with E-state index in [1.807, 2.05) is 30.3 Å². The summed E-state index contributed by atoms with van der Waals surface area (Å²) in [6.45, 7) is 2.83. The van der Waals surface area contributed by atoms with Crippen molar-refractivity contribution in [2.75, 3.05) is 13.7 Å². The summed E-state index contributed by atoms with van der Waals surface area (Å²) in [7, 11) is 1.66. The van der Waals surface area contributed by atoms with E-state index in [0.717, 1.165) is 29.8 Å². The molecular formula is C20H23NO3. The Morgan fingerprint density at radius 3 is 2.75 bits per heavy atom. The lowest BCUT2D eigenvalue weighted by Crippen LogP contribution is -2.39. The van der Waals surface area contributed by atoms with Gasteiger partial charge in [-0.15, -0.1) is 0 Å². The fraction of sp³-hybridized carbons (Fsp3) is 0.350. The lowest BCUT2D eigenvalue weighted by atomic mass is 9.94. The number of aryl methyl sites for hydroxylation is 1.